The van der Waals surface area contributed by atoms with Gasteiger partial charge in [-0.3, -0.25) is 4.79 Å². The first kappa shape index (κ1) is 15.6. The number of carbonyl (C=O) groups excluding carboxylic acids is 1. The summed E-state index contributed by atoms with van der Waals surface area (Å²) < 4.78 is 5.51. The van der Waals surface area contributed by atoms with Crippen LogP contribution in [0.3, 0.4) is 0 Å². The maximum Gasteiger partial charge on any atom is 0.312 e. The van der Waals surface area contributed by atoms with Crippen LogP contribution in [0.4, 0.5) is 0 Å². The van der Waals surface area contributed by atoms with E-state index in [9.17, 15) is 4.79 Å². The Morgan fingerprint density at radius 3 is 2.33 bits per heavy atom. The fourth-order valence-electron chi connectivity index (χ4n) is 2.10. The maximum atomic E-state index is 11.9. The van der Waals surface area contributed by atoms with Gasteiger partial charge in [0.25, 0.3) is 0 Å². The van der Waals surface area contributed by atoms with Gasteiger partial charge in [0.15, 0.2) is 5.60 Å². The molecule has 0 aromatic heterocycles. The van der Waals surface area contributed by atoms with Crippen molar-refractivity contribution in [1.82, 2.24) is 0 Å². The van der Waals surface area contributed by atoms with Crippen molar-refractivity contribution in [2.24, 2.45) is 11.3 Å². The van der Waals surface area contributed by atoms with E-state index in [0.29, 0.717) is 11.8 Å². The molecule has 1 aliphatic rings. The number of esters is 1. The highest BCUT2D eigenvalue weighted by Crippen LogP contribution is 2.46. The third kappa shape index (κ3) is 4.36. The lowest BCUT2D eigenvalue weighted by Crippen LogP contribution is -2.33. The fourth-order valence-corrected chi connectivity index (χ4v) is 2.10. The Bertz CT molecular complexity index is 567. The predicted molar refractivity (Wildman–Crippen MR) is 84.7 cm³/mol. The van der Waals surface area contributed by atoms with Gasteiger partial charge >= 0.3 is 5.97 Å². The van der Waals surface area contributed by atoms with E-state index in [-0.39, 0.29) is 5.97 Å². The molecule has 0 aliphatic heterocycles. The monoisotopic (exact) mass is 284 g/mol. The summed E-state index contributed by atoms with van der Waals surface area (Å²) in [4.78, 5) is 11.9. The van der Waals surface area contributed by atoms with Gasteiger partial charge in [-0.15, -0.1) is 0 Å². The second kappa shape index (κ2) is 5.56. The summed E-state index contributed by atoms with van der Waals surface area (Å²) in [5.41, 5.74) is 0.125. The van der Waals surface area contributed by atoms with Crippen molar-refractivity contribution in [3.63, 3.8) is 0 Å². The molecule has 2 nitrogen and oxygen atoms in total. The second-order valence-corrected chi connectivity index (χ2v) is 7.28. The highest BCUT2D eigenvalue weighted by molar-refractivity contribution is 5.76. The largest absolute Gasteiger partial charge is 0.446 e. The zero-order valence-electron chi connectivity index (χ0n) is 13.6. The normalized spacial score (nSPS) is 21.2. The first-order valence-corrected chi connectivity index (χ1v) is 7.50. The topological polar surface area (TPSA) is 26.3 Å². The molecule has 1 saturated carbocycles. The minimum absolute atomic E-state index is 0.211. The van der Waals surface area contributed by atoms with Crippen LogP contribution < -0.4 is 0 Å². The number of benzene rings is 1. The van der Waals surface area contributed by atoms with Crippen molar-refractivity contribution < 1.29 is 9.53 Å². The summed E-state index contributed by atoms with van der Waals surface area (Å²) in [6.07, 6.45) is 1.10. The number of hydrogen-bond acceptors (Lipinski definition) is 2. The Labute approximate surface area is 127 Å². The molecule has 0 bridgehead atoms. The van der Waals surface area contributed by atoms with E-state index in [1.807, 2.05) is 40.7 Å². The second-order valence-electron chi connectivity index (χ2n) is 7.28. The van der Waals surface area contributed by atoms with Crippen molar-refractivity contribution in [1.29, 1.82) is 0 Å². The highest BCUT2D eigenvalue weighted by Gasteiger charge is 2.37. The fraction of sp³-hybridized carbons (Fsp3) is 0.526. The van der Waals surface area contributed by atoms with Crippen LogP contribution >= 0.6 is 0 Å². The van der Waals surface area contributed by atoms with E-state index in [1.165, 1.54) is 5.56 Å². The summed E-state index contributed by atoms with van der Waals surface area (Å²) in [7, 11) is 0. The summed E-state index contributed by atoms with van der Waals surface area (Å²) in [5, 5.41) is 0. The van der Waals surface area contributed by atoms with E-state index in [2.05, 4.69) is 36.1 Å². The van der Waals surface area contributed by atoms with Crippen LogP contribution in [0.5, 0.6) is 0 Å². The summed E-state index contributed by atoms with van der Waals surface area (Å²) >= 11 is 0. The molecule has 1 aromatic rings. The lowest BCUT2D eigenvalue weighted by molar-refractivity contribution is -0.161. The summed E-state index contributed by atoms with van der Waals surface area (Å²) in [6.45, 7) is 9.26. The van der Waals surface area contributed by atoms with Gasteiger partial charge in [0.2, 0.25) is 0 Å². The Kier molecular flexibility index (Phi) is 4.14. The van der Waals surface area contributed by atoms with Crippen molar-refractivity contribution in [2.75, 3.05) is 0 Å². The van der Waals surface area contributed by atoms with Crippen LogP contribution in [0.15, 0.2) is 30.3 Å². The number of hydrogen-bond donors (Lipinski definition) is 0. The Balaban J connectivity index is 1.95. The predicted octanol–water partition coefficient (Wildman–Crippen LogP) is 4.16. The molecule has 0 unspecified atom stereocenters. The van der Waals surface area contributed by atoms with Gasteiger partial charge in [0.1, 0.15) is 0 Å². The quantitative estimate of drug-likeness (QED) is 0.602. The third-order valence-corrected chi connectivity index (χ3v) is 3.54. The Morgan fingerprint density at radius 2 is 1.76 bits per heavy atom. The average molecular weight is 284 g/mol. The first-order valence-electron chi connectivity index (χ1n) is 7.50. The van der Waals surface area contributed by atoms with Crippen molar-refractivity contribution in [3.8, 4) is 11.8 Å². The molecule has 1 fully saturated rings. The van der Waals surface area contributed by atoms with Crippen LogP contribution in [0.25, 0.3) is 0 Å². The summed E-state index contributed by atoms with van der Waals surface area (Å²) in [6, 6.07) is 10.5. The minimum Gasteiger partial charge on any atom is -0.446 e. The van der Waals surface area contributed by atoms with Crippen LogP contribution in [0.2, 0.25) is 0 Å². The molecule has 21 heavy (non-hydrogen) atoms. The molecule has 0 N–H and O–H groups in total. The van der Waals surface area contributed by atoms with Crippen LogP contribution in [-0.2, 0) is 9.53 Å². The molecule has 0 heterocycles. The number of rotatable bonds is 2. The molecule has 0 amide bonds. The SMILES string of the molecule is CC(C)(C#C[C@@H]1C[C@@H]1c1ccccc1)OC(=O)C(C)(C)C. The zero-order valence-corrected chi connectivity index (χ0v) is 13.6. The molecule has 1 aromatic carbocycles. The van der Waals surface area contributed by atoms with E-state index in [4.69, 9.17) is 4.74 Å². The first-order chi connectivity index (χ1) is 9.69. The third-order valence-electron chi connectivity index (χ3n) is 3.54. The van der Waals surface area contributed by atoms with E-state index >= 15 is 0 Å². The Hall–Kier alpha value is -1.75. The molecule has 2 heteroatoms. The van der Waals surface area contributed by atoms with Crippen molar-refractivity contribution in [2.45, 2.75) is 52.6 Å². The number of carbonyl (C=O) groups is 1. The lowest BCUT2D eigenvalue weighted by atomic mass is 9.97. The van der Waals surface area contributed by atoms with Gasteiger partial charge in [-0.05, 0) is 52.5 Å². The molecule has 112 valence electrons. The van der Waals surface area contributed by atoms with Gasteiger partial charge in [0.05, 0.1) is 5.41 Å². The van der Waals surface area contributed by atoms with Crippen LogP contribution in [0, 0.1) is 23.2 Å². The highest BCUT2D eigenvalue weighted by atomic mass is 16.6. The maximum absolute atomic E-state index is 11.9. The number of ether oxygens (including phenoxy) is 1. The van der Waals surface area contributed by atoms with Gasteiger partial charge < -0.3 is 4.74 Å². The Morgan fingerprint density at radius 1 is 1.14 bits per heavy atom. The lowest BCUT2D eigenvalue weighted by Gasteiger charge is -2.24. The standard InChI is InChI=1S/C19H24O2/c1-18(2,3)17(20)21-19(4,5)12-11-15-13-16(15)14-9-7-6-8-10-14/h6-10,15-16H,13H2,1-5H3/t15-,16-/m1/s1. The van der Waals surface area contributed by atoms with E-state index in [0.717, 1.165) is 6.42 Å². The van der Waals surface area contributed by atoms with Gasteiger partial charge in [0, 0.05) is 5.92 Å². The molecule has 2 atom stereocenters. The van der Waals surface area contributed by atoms with Gasteiger partial charge in [-0.1, -0.05) is 42.2 Å². The van der Waals surface area contributed by atoms with Gasteiger partial charge in [-0.25, -0.2) is 0 Å². The molecule has 0 saturated heterocycles. The molecule has 0 radical (unpaired) electrons. The van der Waals surface area contributed by atoms with Crippen molar-refractivity contribution in [3.05, 3.63) is 35.9 Å². The molecular formula is C19H24O2. The van der Waals surface area contributed by atoms with Gasteiger partial charge in [-0.2, -0.15) is 0 Å². The zero-order chi connectivity index (χ0) is 15.7. The molecule has 1 aliphatic carbocycles. The summed E-state index contributed by atoms with van der Waals surface area (Å²) in [5.74, 6) is 7.12. The molecule has 2 rings (SSSR count). The minimum atomic E-state index is -0.728. The van der Waals surface area contributed by atoms with Crippen LogP contribution in [0.1, 0.15) is 52.5 Å². The van der Waals surface area contributed by atoms with Crippen LogP contribution in [-0.4, -0.2) is 11.6 Å². The van der Waals surface area contributed by atoms with E-state index in [1.54, 1.807) is 0 Å². The molecular weight excluding hydrogens is 260 g/mol. The van der Waals surface area contributed by atoms with E-state index < -0.39 is 11.0 Å². The van der Waals surface area contributed by atoms with Crippen molar-refractivity contribution >= 4 is 5.97 Å². The average Bonchev–Trinajstić information content (AvgIpc) is 3.15. The smallest absolute Gasteiger partial charge is 0.312 e. The molecule has 0 spiro atoms.